The van der Waals surface area contributed by atoms with Crippen molar-refractivity contribution >= 4 is 7.14 Å². The molecule has 0 bridgehead atoms. The molecule has 3 aliphatic heterocycles. The zero-order valence-corrected chi connectivity index (χ0v) is 22.4. The molecule has 0 spiro atoms. The van der Waals surface area contributed by atoms with Gasteiger partial charge in [0.05, 0.1) is 7.14 Å². The van der Waals surface area contributed by atoms with E-state index in [0.717, 1.165) is 117 Å². The average Bonchev–Trinajstić information content (AvgIpc) is 2.81. The van der Waals surface area contributed by atoms with Gasteiger partial charge in [-0.25, -0.2) is 0 Å². The van der Waals surface area contributed by atoms with Crippen molar-refractivity contribution in [3.05, 3.63) is 0 Å². The molecule has 1 N–H and O–H groups in total. The minimum atomic E-state index is -2.16. The molecule has 3 rings (SSSR count). The maximum Gasteiger partial charge on any atom is 0.0915 e. The van der Waals surface area contributed by atoms with Gasteiger partial charge in [0.25, 0.3) is 0 Å². The zero-order chi connectivity index (χ0) is 23.0. The number of rotatable bonds is 11. The summed E-state index contributed by atoms with van der Waals surface area (Å²) in [7, 11) is -2.16. The van der Waals surface area contributed by atoms with E-state index < -0.39 is 7.14 Å². The summed E-state index contributed by atoms with van der Waals surface area (Å²) >= 11 is 0. The summed E-state index contributed by atoms with van der Waals surface area (Å²) in [5.41, 5.74) is 0. The summed E-state index contributed by atoms with van der Waals surface area (Å²) in [6.45, 7) is 25.7. The second-order valence-corrected chi connectivity index (χ2v) is 14.2. The van der Waals surface area contributed by atoms with Crippen LogP contribution in [0.15, 0.2) is 0 Å². The van der Waals surface area contributed by atoms with E-state index >= 15 is 0 Å². The van der Waals surface area contributed by atoms with Gasteiger partial charge >= 0.3 is 0 Å². The van der Waals surface area contributed by atoms with E-state index in [2.05, 4.69) is 57.5 Å². The Balaban J connectivity index is 1.48. The van der Waals surface area contributed by atoms with E-state index in [4.69, 9.17) is 0 Å². The van der Waals surface area contributed by atoms with Crippen LogP contribution in [-0.4, -0.2) is 153 Å². The van der Waals surface area contributed by atoms with Gasteiger partial charge < -0.3 is 24.6 Å². The maximum absolute atomic E-state index is 14.2. The Morgan fingerprint density at radius 1 is 0.594 bits per heavy atom. The van der Waals surface area contributed by atoms with Crippen molar-refractivity contribution in [3.8, 4) is 0 Å². The minimum Gasteiger partial charge on any atom is -0.323 e. The highest BCUT2D eigenvalue weighted by molar-refractivity contribution is 7.64. The van der Waals surface area contributed by atoms with E-state index in [9.17, 15) is 4.57 Å². The first-order chi connectivity index (χ1) is 15.3. The van der Waals surface area contributed by atoms with E-state index in [1.165, 1.54) is 0 Å². The topological polar surface area (TPSA) is 45.3 Å². The van der Waals surface area contributed by atoms with Crippen molar-refractivity contribution in [3.63, 3.8) is 0 Å². The molecule has 7 nitrogen and oxygen atoms in total. The second-order valence-electron chi connectivity index (χ2n) is 10.8. The van der Waals surface area contributed by atoms with Crippen LogP contribution in [0.2, 0.25) is 0 Å². The van der Waals surface area contributed by atoms with E-state index in [1.807, 2.05) is 0 Å². The predicted molar refractivity (Wildman–Crippen MR) is 138 cm³/mol. The smallest absolute Gasteiger partial charge is 0.0915 e. The molecule has 188 valence electrons. The highest BCUT2D eigenvalue weighted by Crippen LogP contribution is 2.45. The number of nitrogens with zero attached hydrogens (tertiary/aromatic N) is 5. The van der Waals surface area contributed by atoms with Crippen LogP contribution in [0.25, 0.3) is 0 Å². The standard InChI is InChI=1S/C24H51N6OP/c1-23(2)29-13-9-27(10-14-29)18-21-32(31,20-17-26-7-5-25-6-8-26)22-19-28-11-15-30(16-12-28)24(3)4/h23-25H,5-22H2,1-4H3. The lowest BCUT2D eigenvalue weighted by atomic mass is 10.2. The Labute approximate surface area is 198 Å². The van der Waals surface area contributed by atoms with Crippen molar-refractivity contribution in [1.82, 2.24) is 29.8 Å². The van der Waals surface area contributed by atoms with Gasteiger partial charge in [-0.3, -0.25) is 9.80 Å². The molecule has 3 heterocycles. The van der Waals surface area contributed by atoms with Gasteiger partial charge in [0.15, 0.2) is 0 Å². The lowest BCUT2D eigenvalue weighted by molar-refractivity contribution is 0.111. The Morgan fingerprint density at radius 3 is 1.28 bits per heavy atom. The third-order valence-corrected chi connectivity index (χ3v) is 11.0. The third kappa shape index (κ3) is 8.65. The van der Waals surface area contributed by atoms with Gasteiger partial charge in [-0.2, -0.15) is 0 Å². The number of hydrogen-bond donors (Lipinski definition) is 1. The number of piperazine rings is 3. The predicted octanol–water partition coefficient (Wildman–Crippen LogP) is 1.31. The normalized spacial score (nSPS) is 24.1. The Kier molecular flexibility index (Phi) is 11.0. The maximum atomic E-state index is 14.2. The van der Waals surface area contributed by atoms with Crippen LogP contribution in [0.4, 0.5) is 0 Å². The summed E-state index contributed by atoms with van der Waals surface area (Å²) in [5, 5.41) is 3.44. The molecule has 0 unspecified atom stereocenters. The van der Waals surface area contributed by atoms with Crippen LogP contribution < -0.4 is 5.32 Å². The minimum absolute atomic E-state index is 0.637. The first-order valence-electron chi connectivity index (χ1n) is 13.3. The number of nitrogens with one attached hydrogen (secondary N) is 1. The fraction of sp³-hybridized carbons (Fsp3) is 1.00. The molecule has 0 aromatic heterocycles. The number of hydrogen-bond acceptors (Lipinski definition) is 7. The van der Waals surface area contributed by atoms with Gasteiger partial charge in [0.1, 0.15) is 0 Å². The van der Waals surface area contributed by atoms with Gasteiger partial charge in [0.2, 0.25) is 0 Å². The van der Waals surface area contributed by atoms with Gasteiger partial charge in [-0.15, -0.1) is 0 Å². The molecule has 0 radical (unpaired) electrons. The molecular weight excluding hydrogens is 419 g/mol. The van der Waals surface area contributed by atoms with Crippen LogP contribution in [0, 0.1) is 0 Å². The van der Waals surface area contributed by atoms with Crippen LogP contribution in [-0.2, 0) is 4.57 Å². The molecule has 0 saturated carbocycles. The van der Waals surface area contributed by atoms with Crippen molar-refractivity contribution < 1.29 is 4.57 Å². The molecule has 0 atom stereocenters. The fourth-order valence-electron chi connectivity index (χ4n) is 5.25. The van der Waals surface area contributed by atoms with Crippen LogP contribution >= 0.6 is 7.14 Å². The van der Waals surface area contributed by atoms with E-state index in [1.54, 1.807) is 0 Å². The summed E-state index contributed by atoms with van der Waals surface area (Å²) in [5.74, 6) is 0. The SMILES string of the molecule is CC(C)N1CCN(CCP(=O)(CCN2CCNCC2)CCN2CCN(C(C)C)CC2)CC1. The molecule has 0 aromatic rings. The summed E-state index contributed by atoms with van der Waals surface area (Å²) in [4.78, 5) is 12.8. The Bertz CT molecular complexity index is 531. The Morgan fingerprint density at radius 2 is 0.938 bits per heavy atom. The summed E-state index contributed by atoms with van der Waals surface area (Å²) in [6.07, 6.45) is 2.73. The average molecular weight is 471 g/mol. The van der Waals surface area contributed by atoms with Gasteiger partial charge in [0, 0.05) is 129 Å². The van der Waals surface area contributed by atoms with Gasteiger partial charge in [-0.1, -0.05) is 0 Å². The summed E-state index contributed by atoms with van der Waals surface area (Å²) in [6, 6.07) is 1.27. The molecule has 3 saturated heterocycles. The van der Waals surface area contributed by atoms with Crippen molar-refractivity contribution in [2.24, 2.45) is 0 Å². The molecule has 0 aliphatic carbocycles. The Hall–Kier alpha value is -0.0100. The zero-order valence-electron chi connectivity index (χ0n) is 21.5. The van der Waals surface area contributed by atoms with E-state index in [-0.39, 0.29) is 0 Å². The molecule has 3 aliphatic rings. The molecule has 32 heavy (non-hydrogen) atoms. The highest BCUT2D eigenvalue weighted by Gasteiger charge is 2.28. The fourth-order valence-corrected chi connectivity index (χ4v) is 7.86. The van der Waals surface area contributed by atoms with Crippen LogP contribution in [0.3, 0.4) is 0 Å². The largest absolute Gasteiger partial charge is 0.323 e. The monoisotopic (exact) mass is 470 g/mol. The molecule has 0 amide bonds. The lowest BCUT2D eigenvalue weighted by Gasteiger charge is -2.38. The van der Waals surface area contributed by atoms with Crippen molar-refractivity contribution in [2.75, 3.05) is 117 Å². The molecule has 3 fully saturated rings. The molecule has 8 heteroatoms. The molecular formula is C24H51N6OP. The third-order valence-electron chi connectivity index (χ3n) is 7.96. The quantitative estimate of drug-likeness (QED) is 0.457. The lowest BCUT2D eigenvalue weighted by Crippen LogP contribution is -2.50. The van der Waals surface area contributed by atoms with E-state index in [0.29, 0.717) is 12.1 Å². The van der Waals surface area contributed by atoms with Crippen LogP contribution in [0.5, 0.6) is 0 Å². The second kappa shape index (κ2) is 13.2. The first kappa shape index (κ1) is 26.6. The van der Waals surface area contributed by atoms with Crippen molar-refractivity contribution in [2.45, 2.75) is 39.8 Å². The first-order valence-corrected chi connectivity index (χ1v) is 15.5. The van der Waals surface area contributed by atoms with Gasteiger partial charge in [-0.05, 0) is 27.7 Å². The van der Waals surface area contributed by atoms with Crippen molar-refractivity contribution in [1.29, 1.82) is 0 Å². The highest BCUT2D eigenvalue weighted by atomic mass is 31.2. The van der Waals surface area contributed by atoms with Crippen LogP contribution in [0.1, 0.15) is 27.7 Å². The summed E-state index contributed by atoms with van der Waals surface area (Å²) < 4.78 is 14.2. The molecule has 0 aromatic carbocycles.